The van der Waals surface area contributed by atoms with Crippen LogP contribution in [0.4, 0.5) is 4.39 Å². The SMILES string of the molecule is N#Cc1ccc(CN2CCC(N3CCCC3)C2)c(F)c1. The van der Waals surface area contributed by atoms with Gasteiger partial charge in [0.15, 0.2) is 0 Å². The van der Waals surface area contributed by atoms with Crippen LogP contribution in [0.15, 0.2) is 18.2 Å². The van der Waals surface area contributed by atoms with Gasteiger partial charge in [-0.05, 0) is 44.5 Å². The Balaban J connectivity index is 1.60. The summed E-state index contributed by atoms with van der Waals surface area (Å²) in [4.78, 5) is 4.91. The van der Waals surface area contributed by atoms with E-state index in [0.29, 0.717) is 23.7 Å². The summed E-state index contributed by atoms with van der Waals surface area (Å²) in [6.07, 6.45) is 3.83. The zero-order valence-electron chi connectivity index (χ0n) is 11.7. The van der Waals surface area contributed by atoms with E-state index < -0.39 is 0 Å². The van der Waals surface area contributed by atoms with Crippen molar-refractivity contribution in [1.82, 2.24) is 9.80 Å². The van der Waals surface area contributed by atoms with Crippen molar-refractivity contribution in [3.05, 3.63) is 35.1 Å². The summed E-state index contributed by atoms with van der Waals surface area (Å²) in [5.41, 5.74) is 1.09. The summed E-state index contributed by atoms with van der Waals surface area (Å²) in [5.74, 6) is -0.256. The molecule has 0 N–H and O–H groups in total. The Morgan fingerprint density at radius 2 is 2.05 bits per heavy atom. The van der Waals surface area contributed by atoms with E-state index in [1.807, 2.05) is 6.07 Å². The van der Waals surface area contributed by atoms with Crippen LogP contribution in [0.2, 0.25) is 0 Å². The number of hydrogen-bond acceptors (Lipinski definition) is 3. The minimum atomic E-state index is -0.256. The average Bonchev–Trinajstić information content (AvgIpc) is 3.11. The lowest BCUT2D eigenvalue weighted by atomic mass is 10.1. The van der Waals surface area contributed by atoms with Gasteiger partial charge in [0.1, 0.15) is 5.82 Å². The molecular formula is C16H20FN3. The van der Waals surface area contributed by atoms with Crippen LogP contribution in [-0.4, -0.2) is 42.0 Å². The summed E-state index contributed by atoms with van der Waals surface area (Å²) in [5, 5.41) is 8.76. The Labute approximate surface area is 119 Å². The standard InChI is InChI=1S/C16H20FN3/c17-16-9-13(10-18)3-4-14(16)11-19-8-5-15(12-19)20-6-1-2-7-20/h3-4,9,15H,1-2,5-8,11-12H2. The van der Waals surface area contributed by atoms with E-state index in [1.165, 1.54) is 38.4 Å². The topological polar surface area (TPSA) is 30.3 Å². The van der Waals surface area contributed by atoms with Crippen LogP contribution in [0.1, 0.15) is 30.4 Å². The monoisotopic (exact) mass is 273 g/mol. The Bertz CT molecular complexity index is 517. The molecule has 0 spiro atoms. The molecule has 2 heterocycles. The molecule has 1 atom stereocenters. The Morgan fingerprint density at radius 1 is 1.25 bits per heavy atom. The quantitative estimate of drug-likeness (QED) is 0.847. The molecular weight excluding hydrogens is 253 g/mol. The molecule has 0 saturated carbocycles. The molecule has 0 aromatic heterocycles. The Morgan fingerprint density at radius 3 is 2.75 bits per heavy atom. The van der Waals surface area contributed by atoms with Crippen molar-refractivity contribution < 1.29 is 4.39 Å². The van der Waals surface area contributed by atoms with Crippen molar-refractivity contribution in [2.24, 2.45) is 0 Å². The first kappa shape index (κ1) is 13.5. The molecule has 1 unspecified atom stereocenters. The van der Waals surface area contributed by atoms with Gasteiger partial charge in [0, 0.05) is 31.2 Å². The van der Waals surface area contributed by atoms with Gasteiger partial charge >= 0.3 is 0 Å². The molecule has 1 aromatic carbocycles. The van der Waals surface area contributed by atoms with Gasteiger partial charge in [-0.3, -0.25) is 9.80 Å². The number of rotatable bonds is 3. The second-order valence-electron chi connectivity index (χ2n) is 5.84. The van der Waals surface area contributed by atoms with Crippen LogP contribution in [0, 0.1) is 17.1 Å². The predicted molar refractivity (Wildman–Crippen MR) is 75.6 cm³/mol. The van der Waals surface area contributed by atoms with Gasteiger partial charge in [-0.15, -0.1) is 0 Å². The maximum atomic E-state index is 13.9. The fourth-order valence-corrected chi connectivity index (χ4v) is 3.35. The van der Waals surface area contributed by atoms with Gasteiger partial charge in [0.25, 0.3) is 0 Å². The fraction of sp³-hybridized carbons (Fsp3) is 0.562. The number of halogens is 1. The maximum absolute atomic E-state index is 13.9. The molecule has 1 aromatic rings. The fourth-order valence-electron chi connectivity index (χ4n) is 3.35. The summed E-state index contributed by atoms with van der Waals surface area (Å²) in [7, 11) is 0. The third kappa shape index (κ3) is 2.84. The molecule has 4 heteroatoms. The zero-order valence-corrected chi connectivity index (χ0v) is 11.7. The van der Waals surface area contributed by atoms with Crippen LogP contribution in [0.5, 0.6) is 0 Å². The van der Waals surface area contributed by atoms with Gasteiger partial charge in [0.05, 0.1) is 11.6 Å². The van der Waals surface area contributed by atoms with Crippen LogP contribution < -0.4 is 0 Å². The maximum Gasteiger partial charge on any atom is 0.129 e. The first-order chi connectivity index (χ1) is 9.76. The van der Waals surface area contributed by atoms with E-state index in [4.69, 9.17) is 5.26 Å². The molecule has 3 rings (SSSR count). The van der Waals surface area contributed by atoms with Crippen molar-refractivity contribution in [1.29, 1.82) is 5.26 Å². The normalized spacial score (nSPS) is 24.1. The van der Waals surface area contributed by atoms with Crippen molar-refractivity contribution in [3.63, 3.8) is 0 Å². The summed E-state index contributed by atoms with van der Waals surface area (Å²) >= 11 is 0. The van der Waals surface area contributed by atoms with E-state index >= 15 is 0 Å². The van der Waals surface area contributed by atoms with Crippen molar-refractivity contribution in [2.75, 3.05) is 26.2 Å². The number of nitriles is 1. The van der Waals surface area contributed by atoms with Crippen LogP contribution in [-0.2, 0) is 6.54 Å². The second kappa shape index (κ2) is 5.90. The van der Waals surface area contributed by atoms with Gasteiger partial charge < -0.3 is 0 Å². The minimum absolute atomic E-state index is 0.256. The number of nitrogens with zero attached hydrogens (tertiary/aromatic N) is 3. The molecule has 2 fully saturated rings. The molecule has 20 heavy (non-hydrogen) atoms. The molecule has 0 radical (unpaired) electrons. The molecule has 2 aliphatic rings. The first-order valence-corrected chi connectivity index (χ1v) is 7.41. The highest BCUT2D eigenvalue weighted by molar-refractivity contribution is 5.32. The van der Waals surface area contributed by atoms with Gasteiger partial charge in [-0.1, -0.05) is 6.07 Å². The summed E-state index contributed by atoms with van der Waals surface area (Å²) < 4.78 is 13.9. The molecule has 2 aliphatic heterocycles. The van der Waals surface area contributed by atoms with Gasteiger partial charge in [0.2, 0.25) is 0 Å². The third-order valence-corrected chi connectivity index (χ3v) is 4.48. The third-order valence-electron chi connectivity index (χ3n) is 4.48. The Hall–Kier alpha value is -1.44. The van der Waals surface area contributed by atoms with Crippen molar-refractivity contribution >= 4 is 0 Å². The number of hydrogen-bond donors (Lipinski definition) is 0. The van der Waals surface area contributed by atoms with Crippen LogP contribution >= 0.6 is 0 Å². The summed E-state index contributed by atoms with van der Waals surface area (Å²) in [6.45, 7) is 5.19. The smallest absolute Gasteiger partial charge is 0.129 e. The minimum Gasteiger partial charge on any atom is -0.299 e. The molecule has 0 aliphatic carbocycles. The van der Waals surface area contributed by atoms with Crippen molar-refractivity contribution in [3.8, 4) is 6.07 Å². The van der Waals surface area contributed by atoms with E-state index in [2.05, 4.69) is 9.80 Å². The highest BCUT2D eigenvalue weighted by atomic mass is 19.1. The average molecular weight is 273 g/mol. The van der Waals surface area contributed by atoms with E-state index in [0.717, 1.165) is 13.1 Å². The highest BCUT2D eigenvalue weighted by Gasteiger charge is 2.29. The van der Waals surface area contributed by atoms with Crippen LogP contribution in [0.25, 0.3) is 0 Å². The number of benzene rings is 1. The molecule has 3 nitrogen and oxygen atoms in total. The first-order valence-electron chi connectivity index (χ1n) is 7.41. The largest absolute Gasteiger partial charge is 0.299 e. The van der Waals surface area contributed by atoms with E-state index in [1.54, 1.807) is 12.1 Å². The van der Waals surface area contributed by atoms with E-state index in [-0.39, 0.29) is 5.82 Å². The molecule has 106 valence electrons. The lowest BCUT2D eigenvalue weighted by Gasteiger charge is -2.23. The van der Waals surface area contributed by atoms with E-state index in [9.17, 15) is 4.39 Å². The predicted octanol–water partition coefficient (Wildman–Crippen LogP) is 2.37. The molecule has 2 saturated heterocycles. The number of likely N-dealkylation sites (tertiary alicyclic amines) is 2. The van der Waals surface area contributed by atoms with Gasteiger partial charge in [-0.25, -0.2) is 4.39 Å². The Kier molecular flexibility index (Phi) is 4.00. The lowest BCUT2D eigenvalue weighted by Crippen LogP contribution is -2.35. The molecule has 0 bridgehead atoms. The summed E-state index contributed by atoms with van der Waals surface area (Å²) in [6, 6.07) is 7.41. The van der Waals surface area contributed by atoms with Gasteiger partial charge in [-0.2, -0.15) is 5.26 Å². The zero-order chi connectivity index (χ0) is 13.9. The lowest BCUT2D eigenvalue weighted by molar-refractivity contribution is 0.229. The molecule has 0 amide bonds. The van der Waals surface area contributed by atoms with Crippen LogP contribution in [0.3, 0.4) is 0 Å². The second-order valence-corrected chi connectivity index (χ2v) is 5.84. The highest BCUT2D eigenvalue weighted by Crippen LogP contribution is 2.22. The van der Waals surface area contributed by atoms with Crippen molar-refractivity contribution in [2.45, 2.75) is 31.8 Å².